The molecule has 0 radical (unpaired) electrons. The summed E-state index contributed by atoms with van der Waals surface area (Å²) in [6.07, 6.45) is 0.481. The Hall–Kier alpha value is -2.30. The molecule has 8 nitrogen and oxygen atoms in total. The number of amides is 2. The Morgan fingerprint density at radius 3 is 2.66 bits per heavy atom. The van der Waals surface area contributed by atoms with E-state index in [0.29, 0.717) is 32.5 Å². The zero-order valence-electron chi connectivity index (χ0n) is 19.7. The van der Waals surface area contributed by atoms with E-state index >= 15 is 0 Å². The molecule has 0 spiro atoms. The van der Waals surface area contributed by atoms with E-state index in [0.717, 1.165) is 11.3 Å². The number of alkyl halides is 2. The zero-order chi connectivity index (χ0) is 24.7. The fraction of sp³-hybridized carbons (Fsp3) is 0.680. The van der Waals surface area contributed by atoms with Crippen molar-refractivity contribution in [2.75, 3.05) is 26.2 Å². The van der Waals surface area contributed by atoms with Gasteiger partial charge in [-0.2, -0.15) is 0 Å². The number of aliphatic hydroxyl groups is 1. The van der Waals surface area contributed by atoms with E-state index in [4.69, 9.17) is 10.5 Å². The van der Waals surface area contributed by atoms with Gasteiger partial charge in [0.05, 0.1) is 24.8 Å². The van der Waals surface area contributed by atoms with E-state index in [1.807, 2.05) is 24.3 Å². The number of nitrogens with one attached hydrogen (secondary N) is 1. The molecule has 5 rings (SSSR count). The normalized spacial score (nSPS) is 31.7. The van der Waals surface area contributed by atoms with Crippen LogP contribution in [0.4, 0.5) is 8.78 Å². The van der Waals surface area contributed by atoms with Gasteiger partial charge in [-0.1, -0.05) is 18.2 Å². The van der Waals surface area contributed by atoms with Gasteiger partial charge in [0.25, 0.3) is 0 Å². The summed E-state index contributed by atoms with van der Waals surface area (Å²) in [5.74, 6) is -2.94. The van der Waals surface area contributed by atoms with Crippen LogP contribution in [0.5, 0.6) is 5.75 Å². The number of para-hydroxylation sites is 1. The summed E-state index contributed by atoms with van der Waals surface area (Å²) in [6.45, 7) is 1.53. The fourth-order valence-corrected chi connectivity index (χ4v) is 6.09. The Kier molecular flexibility index (Phi) is 6.71. The maximum atomic E-state index is 13.6. The Morgan fingerprint density at radius 2 is 1.89 bits per heavy atom. The Balaban J connectivity index is 1.33. The van der Waals surface area contributed by atoms with E-state index in [9.17, 15) is 23.5 Å². The van der Waals surface area contributed by atoms with Crippen molar-refractivity contribution in [3.63, 3.8) is 0 Å². The second kappa shape index (κ2) is 9.63. The summed E-state index contributed by atoms with van der Waals surface area (Å²) in [7, 11) is 0. The predicted molar refractivity (Wildman–Crippen MR) is 124 cm³/mol. The molecule has 1 aromatic rings. The lowest BCUT2D eigenvalue weighted by Gasteiger charge is -2.45. The first-order valence-electron chi connectivity index (χ1n) is 12.6. The molecule has 1 saturated carbocycles. The second-order valence-corrected chi connectivity index (χ2v) is 10.5. The smallest absolute Gasteiger partial charge is 0.248 e. The maximum absolute atomic E-state index is 13.6. The highest BCUT2D eigenvalue weighted by molar-refractivity contribution is 5.90. The Morgan fingerprint density at radius 1 is 1.14 bits per heavy atom. The van der Waals surface area contributed by atoms with Crippen molar-refractivity contribution < 1.29 is 28.2 Å². The van der Waals surface area contributed by atoms with Gasteiger partial charge in [0, 0.05) is 50.5 Å². The lowest BCUT2D eigenvalue weighted by Crippen LogP contribution is -2.65. The van der Waals surface area contributed by atoms with Crippen LogP contribution >= 0.6 is 0 Å². The molecule has 2 unspecified atom stereocenters. The predicted octanol–water partition coefficient (Wildman–Crippen LogP) is 1.43. The van der Waals surface area contributed by atoms with E-state index in [-0.39, 0.29) is 62.0 Å². The lowest BCUT2D eigenvalue weighted by molar-refractivity contribution is -0.148. The highest BCUT2D eigenvalue weighted by Gasteiger charge is 2.47. The summed E-state index contributed by atoms with van der Waals surface area (Å²) in [4.78, 5) is 30.7. The molecule has 3 aliphatic heterocycles. The van der Waals surface area contributed by atoms with Crippen LogP contribution in [0.3, 0.4) is 0 Å². The van der Waals surface area contributed by atoms with Crippen molar-refractivity contribution in [1.29, 1.82) is 0 Å². The first kappa shape index (κ1) is 24.4. The summed E-state index contributed by atoms with van der Waals surface area (Å²) in [6, 6.07) is 5.58. The van der Waals surface area contributed by atoms with E-state index < -0.39 is 24.1 Å². The molecule has 10 heteroatoms. The lowest BCUT2D eigenvalue weighted by atomic mass is 9.81. The van der Waals surface area contributed by atoms with Gasteiger partial charge in [-0.05, 0) is 31.2 Å². The average Bonchev–Trinajstić information content (AvgIpc) is 3.21. The number of carbonyl (C=O) groups is 2. The van der Waals surface area contributed by atoms with Gasteiger partial charge in [-0.3, -0.25) is 14.5 Å². The molecule has 1 aromatic carbocycles. The van der Waals surface area contributed by atoms with Crippen molar-refractivity contribution in [1.82, 2.24) is 15.1 Å². The zero-order valence-corrected chi connectivity index (χ0v) is 19.7. The minimum absolute atomic E-state index is 0.0512. The number of aliphatic hydroxyl groups excluding tert-OH is 1. The number of halogens is 2. The molecule has 2 saturated heterocycles. The SMILES string of the molecule is N[C@H](C(=O)N1C[C@H]2CC(O)CN2CC1C(=O)N[C@@H]1CCOc2ccccc21)C1CCC(F)(F)CC1. The quantitative estimate of drug-likeness (QED) is 0.587. The number of carbonyl (C=O) groups excluding carboxylic acids is 2. The molecule has 1 aliphatic carbocycles. The van der Waals surface area contributed by atoms with Crippen LogP contribution in [0.2, 0.25) is 0 Å². The number of ether oxygens (including phenoxy) is 1. The Labute approximate surface area is 203 Å². The highest BCUT2D eigenvalue weighted by atomic mass is 19.3. The van der Waals surface area contributed by atoms with Gasteiger partial charge in [-0.25, -0.2) is 8.78 Å². The summed E-state index contributed by atoms with van der Waals surface area (Å²) < 4.78 is 33.0. The summed E-state index contributed by atoms with van der Waals surface area (Å²) in [5, 5.41) is 13.3. The van der Waals surface area contributed by atoms with E-state index in [1.54, 1.807) is 0 Å². The standard InChI is InChI=1S/C25H34F2N4O4/c26-25(27)8-5-15(6-9-25)22(28)24(34)31-12-16-11-17(32)13-30(16)14-20(31)23(33)29-19-7-10-35-21-4-2-1-3-18(19)21/h1-4,15-17,19-20,22,32H,5-14,28H2,(H,29,33)/t16-,17?,19-,20?,22+/m1/s1. The van der Waals surface area contributed by atoms with Crippen molar-refractivity contribution in [3.05, 3.63) is 29.8 Å². The molecule has 5 atom stereocenters. The number of hydrogen-bond donors (Lipinski definition) is 3. The van der Waals surface area contributed by atoms with Crippen molar-refractivity contribution in [3.8, 4) is 5.75 Å². The van der Waals surface area contributed by atoms with Gasteiger partial charge in [-0.15, -0.1) is 0 Å². The van der Waals surface area contributed by atoms with Gasteiger partial charge in [0.1, 0.15) is 11.8 Å². The van der Waals surface area contributed by atoms with Crippen LogP contribution in [0, 0.1) is 5.92 Å². The van der Waals surface area contributed by atoms with Crippen LogP contribution in [0.15, 0.2) is 24.3 Å². The Bertz CT molecular complexity index is 953. The van der Waals surface area contributed by atoms with E-state index in [2.05, 4.69) is 10.2 Å². The molecular formula is C25H34F2N4O4. The second-order valence-electron chi connectivity index (χ2n) is 10.5. The molecule has 3 fully saturated rings. The monoisotopic (exact) mass is 492 g/mol. The van der Waals surface area contributed by atoms with Gasteiger partial charge < -0.3 is 25.8 Å². The average molecular weight is 493 g/mol. The van der Waals surface area contributed by atoms with Crippen molar-refractivity contribution in [2.45, 2.75) is 74.7 Å². The topological polar surface area (TPSA) is 108 Å². The number of benzene rings is 1. The summed E-state index contributed by atoms with van der Waals surface area (Å²) in [5.41, 5.74) is 7.24. The first-order chi connectivity index (χ1) is 16.7. The number of fused-ring (bicyclic) bond motifs is 2. The van der Waals surface area contributed by atoms with Gasteiger partial charge >= 0.3 is 0 Å². The first-order valence-corrected chi connectivity index (χ1v) is 12.6. The minimum Gasteiger partial charge on any atom is -0.493 e. The molecule has 35 heavy (non-hydrogen) atoms. The summed E-state index contributed by atoms with van der Waals surface area (Å²) >= 11 is 0. The molecule has 3 heterocycles. The molecule has 2 amide bonds. The molecular weight excluding hydrogens is 458 g/mol. The van der Waals surface area contributed by atoms with E-state index in [1.165, 1.54) is 4.90 Å². The van der Waals surface area contributed by atoms with Crippen LogP contribution in [-0.4, -0.2) is 83.1 Å². The number of piperazine rings is 1. The van der Waals surface area contributed by atoms with Crippen LogP contribution in [-0.2, 0) is 9.59 Å². The molecule has 0 bridgehead atoms. The number of rotatable bonds is 4. The number of hydrogen-bond acceptors (Lipinski definition) is 6. The fourth-order valence-electron chi connectivity index (χ4n) is 6.09. The van der Waals surface area contributed by atoms with Crippen molar-refractivity contribution in [2.24, 2.45) is 11.7 Å². The molecule has 4 aliphatic rings. The molecule has 0 aromatic heterocycles. The third-order valence-electron chi connectivity index (χ3n) is 8.11. The number of nitrogens with two attached hydrogens (primary N) is 1. The highest BCUT2D eigenvalue weighted by Crippen LogP contribution is 2.38. The van der Waals surface area contributed by atoms with Crippen molar-refractivity contribution >= 4 is 11.8 Å². The van der Waals surface area contributed by atoms with Crippen LogP contribution in [0.1, 0.15) is 50.1 Å². The van der Waals surface area contributed by atoms with Crippen LogP contribution in [0.25, 0.3) is 0 Å². The largest absolute Gasteiger partial charge is 0.493 e. The third kappa shape index (κ3) is 5.01. The van der Waals surface area contributed by atoms with Crippen LogP contribution < -0.4 is 15.8 Å². The van der Waals surface area contributed by atoms with Gasteiger partial charge in [0.2, 0.25) is 17.7 Å². The number of nitrogens with zero attached hydrogens (tertiary/aromatic N) is 2. The maximum Gasteiger partial charge on any atom is 0.248 e. The third-order valence-corrected chi connectivity index (χ3v) is 8.11. The molecule has 192 valence electrons. The molecule has 4 N–H and O–H groups in total. The van der Waals surface area contributed by atoms with Gasteiger partial charge in [0.15, 0.2) is 0 Å². The minimum atomic E-state index is -2.70.